The lowest BCUT2D eigenvalue weighted by molar-refractivity contribution is -0.275. The first-order valence-electron chi connectivity index (χ1n) is 9.93. The van der Waals surface area contributed by atoms with Gasteiger partial charge in [0.05, 0.1) is 33.9 Å². The molecule has 2 aliphatic heterocycles. The molecular formula is C22H17Cl3F4N2O3. The predicted octanol–water partition coefficient (Wildman–Crippen LogP) is 5.88. The number of halogens is 7. The van der Waals surface area contributed by atoms with Gasteiger partial charge in [0.25, 0.3) is 5.60 Å². The second-order valence-electron chi connectivity index (χ2n) is 8.11. The first kappa shape index (κ1) is 25.0. The number of amides is 1. The summed E-state index contributed by atoms with van der Waals surface area (Å²) >= 11 is 17.8. The average molecular weight is 540 g/mol. The minimum absolute atomic E-state index is 0.0180. The van der Waals surface area contributed by atoms with Crippen molar-refractivity contribution in [3.05, 3.63) is 68.2 Å². The standard InChI is InChI=1S/C22H17Cl3F4N2O3/c1-33-9-18(32)31-10-20(26,11-31)13-4-2-12(3-5-13)17-8-21(34-30-17,22(27,28)29)14-6-15(23)19(25)16(24)7-14/h2-7H,8-11H2,1H3. The van der Waals surface area contributed by atoms with Gasteiger partial charge in [0.15, 0.2) is 5.67 Å². The molecule has 1 unspecified atom stereocenters. The van der Waals surface area contributed by atoms with E-state index < -0.39 is 23.9 Å². The molecule has 0 aliphatic carbocycles. The maximum absolute atomic E-state index is 15.1. The quantitative estimate of drug-likeness (QED) is 0.352. The number of carbonyl (C=O) groups excluding carboxylic acids is 1. The first-order valence-corrected chi connectivity index (χ1v) is 11.1. The summed E-state index contributed by atoms with van der Waals surface area (Å²) in [5.41, 5.74) is -4.25. The third-order valence-electron chi connectivity index (χ3n) is 5.88. The van der Waals surface area contributed by atoms with Crippen LogP contribution >= 0.6 is 34.8 Å². The smallest absolute Gasteiger partial charge is 0.375 e. The van der Waals surface area contributed by atoms with Crippen LogP contribution in [-0.4, -0.2) is 49.5 Å². The van der Waals surface area contributed by atoms with Gasteiger partial charge in [0.2, 0.25) is 5.91 Å². The summed E-state index contributed by atoms with van der Waals surface area (Å²) in [5, 5.41) is 3.31. The lowest BCUT2D eigenvalue weighted by atomic mass is 9.85. The molecule has 5 nitrogen and oxygen atoms in total. The van der Waals surface area contributed by atoms with Crippen LogP contribution in [0.15, 0.2) is 41.6 Å². The van der Waals surface area contributed by atoms with Gasteiger partial charge in [0.1, 0.15) is 6.61 Å². The number of hydrogen-bond donors (Lipinski definition) is 0. The van der Waals surface area contributed by atoms with Crippen molar-refractivity contribution in [2.24, 2.45) is 5.16 Å². The number of likely N-dealkylation sites (tertiary alicyclic amines) is 1. The van der Waals surface area contributed by atoms with E-state index >= 15 is 4.39 Å². The number of oxime groups is 1. The van der Waals surface area contributed by atoms with Crippen molar-refractivity contribution in [1.82, 2.24) is 4.90 Å². The van der Waals surface area contributed by atoms with Gasteiger partial charge in [-0.05, 0) is 23.3 Å². The van der Waals surface area contributed by atoms with Crippen LogP contribution < -0.4 is 0 Å². The van der Waals surface area contributed by atoms with Crippen LogP contribution in [0.4, 0.5) is 17.6 Å². The zero-order chi connectivity index (χ0) is 24.9. The first-order chi connectivity index (χ1) is 15.9. The molecule has 4 rings (SSSR count). The van der Waals surface area contributed by atoms with Crippen LogP contribution in [0, 0.1) is 0 Å². The lowest BCUT2D eigenvalue weighted by Crippen LogP contribution is -2.59. The zero-order valence-corrected chi connectivity index (χ0v) is 19.8. The Labute approximate surface area is 207 Å². The molecule has 0 aromatic heterocycles. The fourth-order valence-electron chi connectivity index (χ4n) is 3.94. The van der Waals surface area contributed by atoms with Gasteiger partial charge < -0.3 is 14.5 Å². The SMILES string of the molecule is COCC(=O)N1CC(F)(c2ccc(C3=NOC(c4cc(Cl)c(Cl)c(Cl)c4)(C(F)(F)F)C3)cc2)C1. The Balaban J connectivity index is 1.55. The molecule has 1 atom stereocenters. The normalized spacial score (nSPS) is 21.6. The van der Waals surface area contributed by atoms with Crippen molar-refractivity contribution in [1.29, 1.82) is 0 Å². The highest BCUT2D eigenvalue weighted by Crippen LogP contribution is 2.50. The number of methoxy groups -OCH3 is 1. The molecule has 1 fully saturated rings. The van der Waals surface area contributed by atoms with Gasteiger partial charge in [-0.15, -0.1) is 0 Å². The molecule has 0 N–H and O–H groups in total. The molecular weight excluding hydrogens is 523 g/mol. The minimum atomic E-state index is -4.86. The number of alkyl halides is 4. The molecule has 2 heterocycles. The maximum Gasteiger partial charge on any atom is 0.435 e. The van der Waals surface area contributed by atoms with E-state index in [1.807, 2.05) is 0 Å². The Morgan fingerprint density at radius 3 is 2.24 bits per heavy atom. The summed E-state index contributed by atoms with van der Waals surface area (Å²) in [6.45, 7) is -0.401. The van der Waals surface area contributed by atoms with Crippen molar-refractivity contribution in [2.75, 3.05) is 26.8 Å². The highest BCUT2D eigenvalue weighted by Gasteiger charge is 2.62. The highest BCUT2D eigenvalue weighted by molar-refractivity contribution is 6.48. The largest absolute Gasteiger partial charge is 0.435 e. The van der Waals surface area contributed by atoms with Crippen molar-refractivity contribution >= 4 is 46.4 Å². The Bertz CT molecular complexity index is 1130. The Hall–Kier alpha value is -2.07. The van der Waals surface area contributed by atoms with Crippen molar-refractivity contribution in [2.45, 2.75) is 23.9 Å². The number of benzene rings is 2. The topological polar surface area (TPSA) is 51.1 Å². The monoisotopic (exact) mass is 538 g/mol. The van der Waals surface area contributed by atoms with E-state index in [-0.39, 0.29) is 51.9 Å². The average Bonchev–Trinajstić information content (AvgIpc) is 3.22. The molecule has 0 spiro atoms. The summed E-state index contributed by atoms with van der Waals surface area (Å²) in [5.74, 6) is -0.323. The molecule has 2 aromatic rings. The second-order valence-corrected chi connectivity index (χ2v) is 9.30. The van der Waals surface area contributed by atoms with E-state index in [9.17, 15) is 18.0 Å². The third kappa shape index (κ3) is 4.23. The van der Waals surface area contributed by atoms with Gasteiger partial charge in [0, 0.05) is 19.1 Å². The van der Waals surface area contributed by atoms with Gasteiger partial charge in [-0.1, -0.05) is 64.2 Å². The van der Waals surface area contributed by atoms with E-state index in [1.54, 1.807) is 0 Å². The number of carbonyl (C=O) groups is 1. The lowest BCUT2D eigenvalue weighted by Gasteiger charge is -2.44. The van der Waals surface area contributed by atoms with E-state index in [2.05, 4.69) is 5.16 Å². The van der Waals surface area contributed by atoms with Crippen LogP contribution in [0.25, 0.3) is 0 Å². The number of rotatable bonds is 5. The van der Waals surface area contributed by atoms with Crippen LogP contribution in [0.5, 0.6) is 0 Å². The number of ether oxygens (including phenoxy) is 1. The summed E-state index contributed by atoms with van der Waals surface area (Å²) in [6.07, 6.45) is -5.50. The zero-order valence-electron chi connectivity index (χ0n) is 17.6. The number of hydrogen-bond acceptors (Lipinski definition) is 4. The van der Waals surface area contributed by atoms with Gasteiger partial charge >= 0.3 is 6.18 Å². The third-order valence-corrected chi connectivity index (χ3v) is 7.07. The fraction of sp³-hybridized carbons (Fsp3) is 0.364. The molecule has 12 heteroatoms. The van der Waals surface area contributed by atoms with E-state index in [4.69, 9.17) is 44.4 Å². The van der Waals surface area contributed by atoms with Crippen molar-refractivity contribution < 1.29 is 31.9 Å². The molecule has 182 valence electrons. The molecule has 34 heavy (non-hydrogen) atoms. The van der Waals surface area contributed by atoms with Gasteiger partial charge in [-0.3, -0.25) is 4.79 Å². The van der Waals surface area contributed by atoms with Crippen LogP contribution in [-0.2, 0) is 25.6 Å². The summed E-state index contributed by atoms with van der Waals surface area (Å²) in [6, 6.07) is 7.94. The molecule has 1 saturated heterocycles. The molecule has 0 radical (unpaired) electrons. The molecule has 1 amide bonds. The molecule has 2 aliphatic rings. The molecule has 0 bridgehead atoms. The van der Waals surface area contributed by atoms with Gasteiger partial charge in [-0.2, -0.15) is 13.2 Å². The molecule has 0 saturated carbocycles. The second kappa shape index (κ2) is 8.86. The Morgan fingerprint density at radius 1 is 1.12 bits per heavy atom. The van der Waals surface area contributed by atoms with Crippen LogP contribution in [0.2, 0.25) is 15.1 Å². The minimum Gasteiger partial charge on any atom is -0.375 e. The Kier molecular flexibility index (Phi) is 6.52. The summed E-state index contributed by atoms with van der Waals surface area (Å²) in [4.78, 5) is 18.1. The van der Waals surface area contributed by atoms with Gasteiger partial charge in [-0.25, -0.2) is 4.39 Å². The highest BCUT2D eigenvalue weighted by atomic mass is 35.5. The van der Waals surface area contributed by atoms with Crippen LogP contribution in [0.1, 0.15) is 23.1 Å². The summed E-state index contributed by atoms with van der Waals surface area (Å²) in [7, 11) is 1.37. The fourth-order valence-corrected chi connectivity index (χ4v) is 4.54. The van der Waals surface area contributed by atoms with E-state index in [0.717, 1.165) is 12.1 Å². The van der Waals surface area contributed by atoms with Crippen LogP contribution in [0.3, 0.4) is 0 Å². The maximum atomic E-state index is 15.1. The van der Waals surface area contributed by atoms with E-state index in [1.165, 1.54) is 36.3 Å². The number of nitrogens with zero attached hydrogens (tertiary/aromatic N) is 2. The van der Waals surface area contributed by atoms with Crippen molar-refractivity contribution in [3.63, 3.8) is 0 Å². The van der Waals surface area contributed by atoms with E-state index in [0.29, 0.717) is 11.1 Å². The predicted molar refractivity (Wildman–Crippen MR) is 119 cm³/mol. The summed E-state index contributed by atoms with van der Waals surface area (Å²) < 4.78 is 62.4. The van der Waals surface area contributed by atoms with Crippen molar-refractivity contribution in [3.8, 4) is 0 Å². The Morgan fingerprint density at radius 2 is 1.71 bits per heavy atom. The molecule has 2 aromatic carbocycles.